The maximum atomic E-state index is 12.8. The van der Waals surface area contributed by atoms with Crippen molar-refractivity contribution in [1.82, 2.24) is 0 Å². The Hall–Kier alpha value is -3.31. The Morgan fingerprint density at radius 3 is 1.35 bits per heavy atom. The first-order chi connectivity index (χ1) is 20.8. The summed E-state index contributed by atoms with van der Waals surface area (Å²) in [6.07, 6.45) is 5.61. The van der Waals surface area contributed by atoms with Crippen LogP contribution in [0.25, 0.3) is 0 Å². The predicted octanol–water partition coefficient (Wildman–Crippen LogP) is 7.89. The van der Waals surface area contributed by atoms with Gasteiger partial charge in [0.25, 0.3) is 0 Å². The lowest BCUT2D eigenvalue weighted by atomic mass is 10.1. The smallest absolute Gasteiger partial charge is 0.290 e. The van der Waals surface area contributed by atoms with Gasteiger partial charge in [-0.25, -0.2) is 9.59 Å². The third kappa shape index (κ3) is 9.86. The highest BCUT2D eigenvalue weighted by molar-refractivity contribution is 7.00. The van der Waals surface area contributed by atoms with E-state index in [1.165, 1.54) is 6.42 Å². The monoisotopic (exact) mass is 620 g/mol. The molecule has 0 bridgehead atoms. The van der Waals surface area contributed by atoms with Crippen LogP contribution in [0.1, 0.15) is 86.4 Å². The van der Waals surface area contributed by atoms with Gasteiger partial charge in [0, 0.05) is 6.42 Å². The molecule has 0 N–H and O–H groups in total. The average molecular weight is 621 g/mol. The van der Waals surface area contributed by atoms with Crippen LogP contribution in [0.2, 0.25) is 12.1 Å². The fourth-order valence-electron chi connectivity index (χ4n) is 4.95. The zero-order valence-electron chi connectivity index (χ0n) is 26.1. The minimum Gasteiger partial charge on any atom is -0.290 e. The molecular formula is C35H48O6Si2. The molecule has 2 aromatic carbocycles. The van der Waals surface area contributed by atoms with Crippen molar-refractivity contribution in [2.24, 2.45) is 0 Å². The Kier molecular flexibility index (Phi) is 15.3. The minimum atomic E-state index is -2.01. The van der Waals surface area contributed by atoms with E-state index in [-0.39, 0.29) is 0 Å². The molecule has 0 saturated carbocycles. The second kappa shape index (κ2) is 18.4. The third-order valence-electron chi connectivity index (χ3n) is 8.20. The number of benzene rings is 2. The Bertz CT molecular complexity index is 1100. The first-order valence-corrected chi connectivity index (χ1v) is 20.0. The highest BCUT2D eigenvalue weighted by Crippen LogP contribution is 2.17. The van der Waals surface area contributed by atoms with Crippen LogP contribution in [-0.4, -0.2) is 34.4 Å². The maximum Gasteiger partial charge on any atom is 0.373 e. The van der Waals surface area contributed by atoms with E-state index in [1.807, 2.05) is 47.1 Å². The van der Waals surface area contributed by atoms with E-state index in [9.17, 15) is 9.59 Å². The van der Waals surface area contributed by atoms with Crippen molar-refractivity contribution in [2.75, 3.05) is 0 Å². The lowest BCUT2D eigenvalue weighted by Crippen LogP contribution is -2.43. The van der Waals surface area contributed by atoms with Gasteiger partial charge in [0.15, 0.2) is 0 Å². The summed E-state index contributed by atoms with van der Waals surface area (Å²) in [5.74, 6) is -1.34. The van der Waals surface area contributed by atoms with Crippen LogP contribution in [0.3, 0.4) is 0 Å². The van der Waals surface area contributed by atoms with Crippen LogP contribution < -0.4 is 10.4 Å². The van der Waals surface area contributed by atoms with E-state index in [1.54, 1.807) is 24.3 Å². The van der Waals surface area contributed by atoms with Crippen LogP contribution >= 0.6 is 0 Å². The van der Waals surface area contributed by atoms with Crippen LogP contribution in [0.5, 0.6) is 0 Å². The van der Waals surface area contributed by atoms with Crippen molar-refractivity contribution in [3.8, 4) is 0 Å². The van der Waals surface area contributed by atoms with Gasteiger partial charge in [-0.1, -0.05) is 110 Å². The summed E-state index contributed by atoms with van der Waals surface area (Å²) in [5.41, 5.74) is 8.60. The second-order valence-corrected chi connectivity index (χ2v) is 19.0. The molecule has 2 rings (SSSR count). The number of carbonyl (C=O) groups is 2. The number of hydrogen-bond acceptors (Lipinski definition) is 6. The molecule has 0 unspecified atom stereocenters. The van der Waals surface area contributed by atoms with E-state index >= 15 is 0 Å². The SMILES string of the molecule is C=C[Si](C=C)(CC)c1ccc(C(=O)OOC(CCCCCCCC)OOC(=O)c2ccc([Si](C=C)(C=C)CC)cc2)cc1. The van der Waals surface area contributed by atoms with Gasteiger partial charge >= 0.3 is 11.9 Å². The van der Waals surface area contributed by atoms with Gasteiger partial charge in [0.05, 0.1) is 11.1 Å². The molecule has 0 heterocycles. The molecule has 43 heavy (non-hydrogen) atoms. The van der Waals surface area contributed by atoms with Gasteiger partial charge in [-0.2, -0.15) is 0 Å². The fourth-order valence-corrected chi connectivity index (χ4v) is 9.77. The van der Waals surface area contributed by atoms with E-state index in [0.717, 1.165) is 54.6 Å². The molecule has 0 aromatic heterocycles. The molecule has 6 nitrogen and oxygen atoms in total. The summed E-state index contributed by atoms with van der Waals surface area (Å²) in [5, 5.41) is 2.22. The first kappa shape index (κ1) is 35.9. The summed E-state index contributed by atoms with van der Waals surface area (Å²) in [7, 11) is -4.03. The van der Waals surface area contributed by atoms with Gasteiger partial charge in [0.1, 0.15) is 16.1 Å². The molecule has 0 amide bonds. The van der Waals surface area contributed by atoms with Gasteiger partial charge in [-0.15, -0.1) is 36.1 Å². The largest absolute Gasteiger partial charge is 0.373 e. The van der Waals surface area contributed by atoms with Crippen LogP contribution in [0, 0.1) is 0 Å². The van der Waals surface area contributed by atoms with Crippen molar-refractivity contribution in [3.63, 3.8) is 0 Å². The molecule has 0 saturated heterocycles. The Labute approximate surface area is 260 Å². The minimum absolute atomic E-state index is 0.331. The quantitative estimate of drug-likeness (QED) is 0.0465. The summed E-state index contributed by atoms with van der Waals surface area (Å²) < 4.78 is 0. The number of carbonyl (C=O) groups excluding carboxylic acids is 2. The zero-order valence-corrected chi connectivity index (χ0v) is 28.1. The molecule has 0 spiro atoms. The highest BCUT2D eigenvalue weighted by Gasteiger charge is 2.28. The average Bonchev–Trinajstić information content (AvgIpc) is 3.06. The van der Waals surface area contributed by atoms with Crippen molar-refractivity contribution in [3.05, 3.63) is 109 Å². The highest BCUT2D eigenvalue weighted by atomic mass is 28.3. The molecule has 0 fully saturated rings. The van der Waals surface area contributed by atoms with E-state index in [2.05, 4.69) is 47.1 Å². The summed E-state index contributed by atoms with van der Waals surface area (Å²) in [6, 6.07) is 16.3. The molecule has 2 aromatic rings. The number of unbranched alkanes of at least 4 members (excludes halogenated alkanes) is 5. The van der Waals surface area contributed by atoms with Crippen LogP contribution in [-0.2, 0) is 19.6 Å². The Balaban J connectivity index is 2.05. The lowest BCUT2D eigenvalue weighted by molar-refractivity contribution is -0.421. The molecule has 0 aliphatic heterocycles. The topological polar surface area (TPSA) is 71.1 Å². The Morgan fingerprint density at radius 1 is 0.628 bits per heavy atom. The predicted molar refractivity (Wildman–Crippen MR) is 180 cm³/mol. The molecule has 8 heteroatoms. The summed E-state index contributed by atoms with van der Waals surface area (Å²) >= 11 is 0. The lowest BCUT2D eigenvalue weighted by Gasteiger charge is -2.23. The number of hydrogen-bond donors (Lipinski definition) is 0. The van der Waals surface area contributed by atoms with Gasteiger partial charge < -0.3 is 0 Å². The molecular weight excluding hydrogens is 573 g/mol. The first-order valence-electron chi connectivity index (χ1n) is 15.3. The van der Waals surface area contributed by atoms with Crippen LogP contribution in [0.15, 0.2) is 97.6 Å². The fraction of sp³-hybridized carbons (Fsp3) is 0.371. The van der Waals surface area contributed by atoms with Crippen molar-refractivity contribution >= 4 is 38.5 Å². The molecule has 0 atom stereocenters. The van der Waals surface area contributed by atoms with Crippen molar-refractivity contribution in [2.45, 2.75) is 84.1 Å². The van der Waals surface area contributed by atoms with Gasteiger partial charge in [0.2, 0.25) is 6.29 Å². The van der Waals surface area contributed by atoms with Gasteiger partial charge in [-0.3, -0.25) is 9.78 Å². The summed E-state index contributed by atoms with van der Waals surface area (Å²) in [4.78, 5) is 46.5. The van der Waals surface area contributed by atoms with Crippen LogP contribution in [0.4, 0.5) is 0 Å². The maximum absolute atomic E-state index is 12.8. The van der Waals surface area contributed by atoms with E-state index in [4.69, 9.17) is 19.6 Å². The normalized spacial score (nSPS) is 11.5. The molecule has 0 aliphatic carbocycles. The standard InChI is InChI=1S/C35H48O6Si2/c1-8-15-16-17-18-19-20-33(38-40-34(36)29-21-25-31(26-22-29)42(9-2,10-3)11-4)39-41-35(37)30-23-27-32(28-24-30)43(12-5,13-6)14-7/h9-10,12-13,21-28,33H,2-3,5-6,8,11,14-20H2,1,4,7H3. The molecule has 232 valence electrons. The Morgan fingerprint density at radius 2 is 1.00 bits per heavy atom. The van der Waals surface area contributed by atoms with Crippen molar-refractivity contribution < 1.29 is 29.1 Å². The summed E-state index contributed by atoms with van der Waals surface area (Å²) in [6.45, 7) is 22.4. The van der Waals surface area contributed by atoms with Crippen molar-refractivity contribution in [1.29, 1.82) is 0 Å². The molecule has 0 radical (unpaired) electrons. The van der Waals surface area contributed by atoms with E-state index < -0.39 is 34.4 Å². The number of rotatable bonds is 21. The second-order valence-electron chi connectivity index (χ2n) is 10.7. The van der Waals surface area contributed by atoms with Gasteiger partial charge in [-0.05, 0) is 42.8 Å². The zero-order chi connectivity index (χ0) is 31.7. The molecule has 0 aliphatic rings. The third-order valence-corrected chi connectivity index (χ3v) is 16.3. The van der Waals surface area contributed by atoms with E-state index in [0.29, 0.717) is 17.5 Å².